The standard InChI is InChI=1S/C21H18N4/c1-2-14-8-9-17-18(10-14)20(15-6-4-3-5-7-15)25-21(19(17)13-24)16(11-22)12-23/h3-7,14,25H,2,8-10H2,1H3/t14-/m1/s1. The Morgan fingerprint density at radius 3 is 2.44 bits per heavy atom. The van der Waals surface area contributed by atoms with Crippen molar-refractivity contribution in [2.45, 2.75) is 32.6 Å². The van der Waals surface area contributed by atoms with Gasteiger partial charge in [-0.1, -0.05) is 43.7 Å². The van der Waals surface area contributed by atoms with Gasteiger partial charge in [0.05, 0.1) is 11.3 Å². The molecule has 1 atom stereocenters. The van der Waals surface area contributed by atoms with Crippen molar-refractivity contribution in [3.05, 3.63) is 63.9 Å². The highest BCUT2D eigenvalue weighted by molar-refractivity contribution is 5.79. The van der Waals surface area contributed by atoms with Crippen LogP contribution in [0.5, 0.6) is 0 Å². The Kier molecular flexibility index (Phi) is 4.69. The lowest BCUT2D eigenvalue weighted by Gasteiger charge is -2.33. The van der Waals surface area contributed by atoms with Crippen molar-refractivity contribution in [1.82, 2.24) is 5.32 Å². The molecule has 0 bridgehead atoms. The molecule has 0 radical (unpaired) electrons. The molecular formula is C21H18N4. The molecule has 25 heavy (non-hydrogen) atoms. The van der Waals surface area contributed by atoms with Gasteiger partial charge in [0.15, 0.2) is 5.57 Å². The van der Waals surface area contributed by atoms with Crippen molar-refractivity contribution in [3.63, 3.8) is 0 Å². The van der Waals surface area contributed by atoms with E-state index in [2.05, 4.69) is 18.3 Å². The summed E-state index contributed by atoms with van der Waals surface area (Å²) in [6, 6.07) is 16.0. The third-order valence-corrected chi connectivity index (χ3v) is 4.99. The predicted octanol–water partition coefficient (Wildman–Crippen LogP) is 4.33. The van der Waals surface area contributed by atoms with Crippen LogP contribution in [0.1, 0.15) is 38.2 Å². The number of fused-ring (bicyclic) bond motifs is 1. The van der Waals surface area contributed by atoms with E-state index in [1.165, 1.54) is 0 Å². The predicted molar refractivity (Wildman–Crippen MR) is 95.0 cm³/mol. The first-order chi connectivity index (χ1) is 12.2. The van der Waals surface area contributed by atoms with Crippen LogP contribution in [-0.2, 0) is 0 Å². The second-order valence-corrected chi connectivity index (χ2v) is 6.30. The fourth-order valence-corrected chi connectivity index (χ4v) is 3.60. The molecule has 2 aliphatic rings. The highest BCUT2D eigenvalue weighted by atomic mass is 14.9. The van der Waals surface area contributed by atoms with Gasteiger partial charge in [0.2, 0.25) is 0 Å². The molecule has 1 N–H and O–H groups in total. The molecule has 3 rings (SSSR count). The minimum atomic E-state index is -0.0471. The van der Waals surface area contributed by atoms with Crippen molar-refractivity contribution in [1.29, 1.82) is 15.8 Å². The van der Waals surface area contributed by atoms with Gasteiger partial charge < -0.3 is 5.32 Å². The topological polar surface area (TPSA) is 83.4 Å². The van der Waals surface area contributed by atoms with E-state index in [1.54, 1.807) is 0 Å². The molecule has 0 unspecified atom stereocenters. The smallest absolute Gasteiger partial charge is 0.154 e. The first-order valence-corrected chi connectivity index (χ1v) is 8.47. The fourth-order valence-electron chi connectivity index (χ4n) is 3.60. The van der Waals surface area contributed by atoms with E-state index >= 15 is 0 Å². The van der Waals surface area contributed by atoms with Gasteiger partial charge >= 0.3 is 0 Å². The van der Waals surface area contributed by atoms with E-state index in [9.17, 15) is 15.8 Å². The second kappa shape index (κ2) is 7.08. The highest BCUT2D eigenvalue weighted by Gasteiger charge is 2.32. The second-order valence-electron chi connectivity index (χ2n) is 6.30. The van der Waals surface area contributed by atoms with Crippen LogP contribution in [0.3, 0.4) is 0 Å². The summed E-state index contributed by atoms with van der Waals surface area (Å²) < 4.78 is 0. The molecule has 0 saturated heterocycles. The van der Waals surface area contributed by atoms with Crippen molar-refractivity contribution >= 4 is 5.70 Å². The van der Waals surface area contributed by atoms with Crippen LogP contribution in [0.4, 0.5) is 0 Å². The number of nitrogens with one attached hydrogen (secondary N) is 1. The third-order valence-electron chi connectivity index (χ3n) is 4.99. The number of nitriles is 3. The maximum absolute atomic E-state index is 9.70. The number of dihydropyridines is 1. The van der Waals surface area contributed by atoms with E-state index in [4.69, 9.17) is 0 Å². The molecule has 0 aromatic heterocycles. The number of rotatable bonds is 2. The average Bonchev–Trinajstić information content (AvgIpc) is 2.68. The number of benzene rings is 1. The van der Waals surface area contributed by atoms with Crippen molar-refractivity contribution in [2.24, 2.45) is 5.92 Å². The molecule has 1 heterocycles. The van der Waals surface area contributed by atoms with Crippen LogP contribution in [-0.4, -0.2) is 0 Å². The van der Waals surface area contributed by atoms with Crippen LogP contribution >= 0.6 is 0 Å². The van der Waals surface area contributed by atoms with Crippen LogP contribution in [0.25, 0.3) is 5.70 Å². The van der Waals surface area contributed by atoms with Gasteiger partial charge in [-0.2, -0.15) is 15.8 Å². The van der Waals surface area contributed by atoms with Gasteiger partial charge in [0.25, 0.3) is 0 Å². The molecule has 1 aliphatic carbocycles. The van der Waals surface area contributed by atoms with Crippen molar-refractivity contribution < 1.29 is 0 Å². The Morgan fingerprint density at radius 1 is 1.12 bits per heavy atom. The summed E-state index contributed by atoms with van der Waals surface area (Å²) in [5.41, 5.74) is 4.82. The molecule has 4 heteroatoms. The molecule has 1 aromatic rings. The Hall–Kier alpha value is -3.29. The van der Waals surface area contributed by atoms with Crippen LogP contribution in [0, 0.1) is 39.9 Å². The van der Waals surface area contributed by atoms with Crippen molar-refractivity contribution in [3.8, 4) is 18.2 Å². The van der Waals surface area contributed by atoms with Gasteiger partial charge in [-0.05, 0) is 41.9 Å². The number of hydrogen-bond acceptors (Lipinski definition) is 4. The summed E-state index contributed by atoms with van der Waals surface area (Å²) in [4.78, 5) is 0. The number of nitrogens with zero attached hydrogens (tertiary/aromatic N) is 3. The van der Waals surface area contributed by atoms with Gasteiger partial charge in [-0.3, -0.25) is 0 Å². The first kappa shape index (κ1) is 16.6. The Labute approximate surface area is 148 Å². The lowest BCUT2D eigenvalue weighted by atomic mass is 9.75. The van der Waals surface area contributed by atoms with Crippen molar-refractivity contribution in [2.75, 3.05) is 0 Å². The highest BCUT2D eigenvalue weighted by Crippen LogP contribution is 2.43. The molecule has 0 amide bonds. The van der Waals surface area contributed by atoms with Gasteiger partial charge in [0, 0.05) is 5.70 Å². The largest absolute Gasteiger partial charge is 0.352 e. The van der Waals surface area contributed by atoms with E-state index in [0.29, 0.717) is 17.2 Å². The number of allylic oxidation sites excluding steroid dienone is 4. The zero-order valence-corrected chi connectivity index (χ0v) is 14.1. The van der Waals surface area contributed by atoms with Crippen LogP contribution in [0.2, 0.25) is 0 Å². The summed E-state index contributed by atoms with van der Waals surface area (Å²) in [7, 11) is 0. The van der Waals surface area contributed by atoms with E-state index in [-0.39, 0.29) is 5.57 Å². The lowest BCUT2D eigenvalue weighted by molar-refractivity contribution is 0.440. The Morgan fingerprint density at radius 2 is 1.84 bits per heavy atom. The third kappa shape index (κ3) is 2.93. The molecule has 4 nitrogen and oxygen atoms in total. The zero-order chi connectivity index (χ0) is 17.8. The Balaban J connectivity index is 2.26. The van der Waals surface area contributed by atoms with Crippen LogP contribution < -0.4 is 5.32 Å². The average molecular weight is 326 g/mol. The minimum Gasteiger partial charge on any atom is -0.352 e. The molecule has 122 valence electrons. The zero-order valence-electron chi connectivity index (χ0n) is 14.1. The molecule has 1 aliphatic heterocycles. The lowest BCUT2D eigenvalue weighted by Crippen LogP contribution is -2.26. The number of hydrogen-bond donors (Lipinski definition) is 1. The van der Waals surface area contributed by atoms with Gasteiger partial charge in [-0.25, -0.2) is 0 Å². The first-order valence-electron chi connectivity index (χ1n) is 8.47. The van der Waals surface area contributed by atoms with Crippen LogP contribution in [0.15, 0.2) is 58.3 Å². The van der Waals surface area contributed by atoms with E-state index in [0.717, 1.165) is 48.1 Å². The van der Waals surface area contributed by atoms with Gasteiger partial charge in [-0.15, -0.1) is 0 Å². The summed E-state index contributed by atoms with van der Waals surface area (Å²) in [5.74, 6) is 0.594. The summed E-state index contributed by atoms with van der Waals surface area (Å²) in [6.07, 6.45) is 3.85. The van der Waals surface area contributed by atoms with Gasteiger partial charge in [0.1, 0.15) is 18.2 Å². The molecule has 0 spiro atoms. The molecule has 1 aromatic carbocycles. The SMILES string of the molecule is CC[C@@H]1CCC2=C(C#N)C(=C(C#N)C#N)NC(c3ccccc3)=C2C1. The fraction of sp³-hybridized carbons (Fsp3) is 0.286. The van der Waals surface area contributed by atoms with E-state index < -0.39 is 0 Å². The monoisotopic (exact) mass is 326 g/mol. The maximum Gasteiger partial charge on any atom is 0.154 e. The quantitative estimate of drug-likeness (QED) is 0.820. The summed E-state index contributed by atoms with van der Waals surface area (Å²) in [5, 5.41) is 31.6. The summed E-state index contributed by atoms with van der Waals surface area (Å²) in [6.45, 7) is 2.19. The summed E-state index contributed by atoms with van der Waals surface area (Å²) >= 11 is 0. The Bertz CT molecular complexity index is 895. The minimum absolute atomic E-state index is 0.0471. The molecular weight excluding hydrogens is 308 g/mol. The maximum atomic E-state index is 9.70. The molecule has 1 fully saturated rings. The normalized spacial score (nSPS) is 19.3. The molecule has 1 saturated carbocycles. The van der Waals surface area contributed by atoms with E-state index in [1.807, 2.05) is 42.5 Å².